The molecule has 3 N–H and O–H groups in total. The largest absolute Gasteiger partial charge is 0.347 e. The molecule has 1 aromatic rings. The van der Waals surface area contributed by atoms with Gasteiger partial charge in [-0.25, -0.2) is 4.79 Å². The van der Waals surface area contributed by atoms with Crippen LogP contribution in [0.2, 0.25) is 5.02 Å². The molecule has 1 aliphatic rings. The molecule has 3 amide bonds. The van der Waals surface area contributed by atoms with Crippen molar-refractivity contribution in [2.45, 2.75) is 51.1 Å². The molecule has 0 heterocycles. The topological polar surface area (TPSA) is 70.2 Å². The van der Waals surface area contributed by atoms with Crippen molar-refractivity contribution in [3.63, 3.8) is 0 Å². The Morgan fingerprint density at radius 2 is 1.70 bits per heavy atom. The van der Waals surface area contributed by atoms with Crippen LogP contribution in [0.25, 0.3) is 0 Å². The standard InChI is InChI=1S/C17H24ClN3O2/c1-2-11-19-17(23)21-15-6-4-3-5-14(15)20-16(22)12-7-9-13(18)10-8-12/h7-10,14-15H,2-6,11H2,1H3,(H,20,22)(H2,19,21,23). The van der Waals surface area contributed by atoms with Gasteiger partial charge in [0.2, 0.25) is 0 Å². The second-order valence-corrected chi connectivity index (χ2v) is 6.31. The molecule has 0 radical (unpaired) electrons. The lowest BCUT2D eigenvalue weighted by Gasteiger charge is -2.32. The maximum atomic E-state index is 12.3. The van der Waals surface area contributed by atoms with Gasteiger partial charge in [-0.2, -0.15) is 0 Å². The first-order valence-corrected chi connectivity index (χ1v) is 8.58. The summed E-state index contributed by atoms with van der Waals surface area (Å²) in [5.74, 6) is -0.130. The number of amides is 3. The summed E-state index contributed by atoms with van der Waals surface area (Å²) in [6.45, 7) is 2.66. The fourth-order valence-corrected chi connectivity index (χ4v) is 2.91. The number of hydrogen-bond acceptors (Lipinski definition) is 2. The monoisotopic (exact) mass is 337 g/mol. The number of rotatable bonds is 5. The zero-order valence-corrected chi connectivity index (χ0v) is 14.2. The van der Waals surface area contributed by atoms with E-state index in [-0.39, 0.29) is 24.0 Å². The molecule has 2 atom stereocenters. The minimum absolute atomic E-state index is 0.0307. The fourth-order valence-electron chi connectivity index (χ4n) is 2.79. The Morgan fingerprint density at radius 1 is 1.09 bits per heavy atom. The average Bonchev–Trinajstić information content (AvgIpc) is 2.55. The van der Waals surface area contributed by atoms with Gasteiger partial charge >= 0.3 is 6.03 Å². The molecule has 1 aromatic carbocycles. The van der Waals surface area contributed by atoms with Gasteiger partial charge in [0.25, 0.3) is 5.91 Å². The van der Waals surface area contributed by atoms with Crippen LogP contribution in [0.4, 0.5) is 4.79 Å². The minimum Gasteiger partial charge on any atom is -0.347 e. The zero-order chi connectivity index (χ0) is 16.7. The third-order valence-electron chi connectivity index (χ3n) is 4.04. The van der Waals surface area contributed by atoms with E-state index in [1.807, 2.05) is 6.92 Å². The van der Waals surface area contributed by atoms with Gasteiger partial charge in [-0.1, -0.05) is 31.4 Å². The Labute approximate surface area is 142 Å². The van der Waals surface area contributed by atoms with E-state index in [2.05, 4.69) is 16.0 Å². The van der Waals surface area contributed by atoms with Crippen LogP contribution in [0, 0.1) is 0 Å². The highest BCUT2D eigenvalue weighted by molar-refractivity contribution is 6.30. The van der Waals surface area contributed by atoms with Crippen LogP contribution in [-0.4, -0.2) is 30.6 Å². The van der Waals surface area contributed by atoms with Crippen molar-refractivity contribution < 1.29 is 9.59 Å². The molecule has 0 spiro atoms. The van der Waals surface area contributed by atoms with Crippen LogP contribution >= 0.6 is 11.6 Å². The number of nitrogens with one attached hydrogen (secondary N) is 3. The number of carbonyl (C=O) groups is 2. The maximum Gasteiger partial charge on any atom is 0.315 e. The van der Waals surface area contributed by atoms with E-state index < -0.39 is 0 Å². The highest BCUT2D eigenvalue weighted by Crippen LogP contribution is 2.19. The Morgan fingerprint density at radius 3 is 2.30 bits per heavy atom. The minimum atomic E-state index is -0.163. The SMILES string of the molecule is CCCNC(=O)NC1CCCCC1NC(=O)c1ccc(Cl)cc1. The Balaban J connectivity index is 1.93. The first-order valence-electron chi connectivity index (χ1n) is 8.21. The van der Waals surface area contributed by atoms with Gasteiger partial charge in [0, 0.05) is 23.2 Å². The summed E-state index contributed by atoms with van der Waals surface area (Å²) in [7, 11) is 0. The third kappa shape index (κ3) is 5.43. The van der Waals surface area contributed by atoms with Gasteiger partial charge < -0.3 is 16.0 Å². The summed E-state index contributed by atoms with van der Waals surface area (Å²) in [6, 6.07) is 6.57. The normalized spacial score (nSPS) is 20.6. The number of benzene rings is 1. The van der Waals surface area contributed by atoms with Crippen molar-refractivity contribution in [3.8, 4) is 0 Å². The van der Waals surface area contributed by atoms with E-state index in [1.54, 1.807) is 24.3 Å². The molecule has 5 nitrogen and oxygen atoms in total. The highest BCUT2D eigenvalue weighted by Gasteiger charge is 2.28. The number of urea groups is 1. The molecule has 1 aliphatic carbocycles. The Kier molecular flexibility index (Phi) is 6.71. The van der Waals surface area contributed by atoms with Crippen LogP contribution in [-0.2, 0) is 0 Å². The number of hydrogen-bond donors (Lipinski definition) is 3. The molecule has 126 valence electrons. The van der Waals surface area contributed by atoms with Crippen LogP contribution in [0.15, 0.2) is 24.3 Å². The van der Waals surface area contributed by atoms with E-state index in [4.69, 9.17) is 11.6 Å². The van der Waals surface area contributed by atoms with Crippen molar-refractivity contribution >= 4 is 23.5 Å². The van der Waals surface area contributed by atoms with Gasteiger partial charge in [-0.05, 0) is 43.5 Å². The predicted molar refractivity (Wildman–Crippen MR) is 91.8 cm³/mol. The summed E-state index contributed by atoms with van der Waals surface area (Å²) in [4.78, 5) is 24.2. The summed E-state index contributed by atoms with van der Waals surface area (Å²) < 4.78 is 0. The lowest BCUT2D eigenvalue weighted by molar-refractivity contribution is 0.0916. The smallest absolute Gasteiger partial charge is 0.315 e. The van der Waals surface area contributed by atoms with Gasteiger partial charge in [-0.3, -0.25) is 4.79 Å². The molecule has 1 fully saturated rings. The van der Waals surface area contributed by atoms with Crippen LogP contribution in [0.1, 0.15) is 49.4 Å². The second-order valence-electron chi connectivity index (χ2n) is 5.88. The zero-order valence-electron chi connectivity index (χ0n) is 13.4. The summed E-state index contributed by atoms with van der Waals surface area (Å²) in [5, 5.41) is 9.44. The molecular weight excluding hydrogens is 314 g/mol. The van der Waals surface area contributed by atoms with Crippen LogP contribution in [0.5, 0.6) is 0 Å². The van der Waals surface area contributed by atoms with E-state index in [1.165, 1.54) is 0 Å². The summed E-state index contributed by atoms with van der Waals surface area (Å²) in [5.41, 5.74) is 0.578. The summed E-state index contributed by atoms with van der Waals surface area (Å²) in [6.07, 6.45) is 4.77. The van der Waals surface area contributed by atoms with Crippen molar-refractivity contribution in [1.29, 1.82) is 0 Å². The van der Waals surface area contributed by atoms with Crippen LogP contribution < -0.4 is 16.0 Å². The Bertz CT molecular complexity index is 533. The Hall–Kier alpha value is -1.75. The van der Waals surface area contributed by atoms with Crippen LogP contribution in [0.3, 0.4) is 0 Å². The maximum absolute atomic E-state index is 12.3. The molecule has 23 heavy (non-hydrogen) atoms. The third-order valence-corrected chi connectivity index (χ3v) is 4.29. The molecule has 6 heteroatoms. The van der Waals surface area contributed by atoms with Crippen molar-refractivity contribution in [2.75, 3.05) is 6.54 Å². The lowest BCUT2D eigenvalue weighted by atomic mass is 9.90. The first kappa shape index (κ1) is 17.6. The highest BCUT2D eigenvalue weighted by atomic mass is 35.5. The van der Waals surface area contributed by atoms with E-state index >= 15 is 0 Å². The van der Waals surface area contributed by atoms with Gasteiger partial charge in [0.05, 0.1) is 6.04 Å². The van der Waals surface area contributed by atoms with Crippen molar-refractivity contribution in [2.24, 2.45) is 0 Å². The van der Waals surface area contributed by atoms with Gasteiger partial charge in [0.15, 0.2) is 0 Å². The van der Waals surface area contributed by atoms with Gasteiger partial charge in [0.1, 0.15) is 0 Å². The quantitative estimate of drug-likeness (QED) is 0.772. The molecule has 2 unspecified atom stereocenters. The van der Waals surface area contributed by atoms with Gasteiger partial charge in [-0.15, -0.1) is 0 Å². The molecule has 0 aromatic heterocycles. The molecule has 0 bridgehead atoms. The van der Waals surface area contributed by atoms with Crippen molar-refractivity contribution in [1.82, 2.24) is 16.0 Å². The number of halogens is 1. The molecule has 2 rings (SSSR count). The predicted octanol–water partition coefficient (Wildman–Crippen LogP) is 3.09. The van der Waals surface area contributed by atoms with E-state index in [9.17, 15) is 9.59 Å². The molecule has 0 aliphatic heterocycles. The summed E-state index contributed by atoms with van der Waals surface area (Å²) >= 11 is 5.84. The van der Waals surface area contributed by atoms with E-state index in [0.29, 0.717) is 17.1 Å². The number of carbonyl (C=O) groups excluding carboxylic acids is 2. The van der Waals surface area contributed by atoms with Crippen molar-refractivity contribution in [3.05, 3.63) is 34.9 Å². The lowest BCUT2D eigenvalue weighted by Crippen LogP contribution is -2.55. The second kappa shape index (κ2) is 8.77. The molecular formula is C17H24ClN3O2. The van der Waals surface area contributed by atoms with E-state index in [0.717, 1.165) is 32.1 Å². The first-order chi connectivity index (χ1) is 11.1. The average molecular weight is 338 g/mol. The fraction of sp³-hybridized carbons (Fsp3) is 0.529. The molecule has 0 saturated heterocycles. The molecule has 1 saturated carbocycles.